The number of nitriles is 1. The normalized spacial score (nSPS) is 27.9. The van der Waals surface area contributed by atoms with Crippen molar-refractivity contribution in [3.05, 3.63) is 0 Å². The summed E-state index contributed by atoms with van der Waals surface area (Å²) in [5.41, 5.74) is 0. The smallest absolute Gasteiger partial charge is 0.224 e. The van der Waals surface area contributed by atoms with Crippen molar-refractivity contribution >= 4 is 5.91 Å². The first kappa shape index (κ1) is 10.0. The van der Waals surface area contributed by atoms with E-state index in [1.807, 2.05) is 6.07 Å². The maximum absolute atomic E-state index is 11.4. The summed E-state index contributed by atoms with van der Waals surface area (Å²) >= 11 is 0. The maximum atomic E-state index is 11.4. The fraction of sp³-hybridized carbons (Fsp3) is 0.800. The van der Waals surface area contributed by atoms with E-state index < -0.39 is 0 Å². The molecule has 1 fully saturated rings. The molecule has 0 bridgehead atoms. The minimum atomic E-state index is -0.360. The minimum absolute atomic E-state index is 0.0488. The number of hydrogen-bond donors (Lipinski definition) is 1. The van der Waals surface area contributed by atoms with Crippen LogP contribution in [0, 0.1) is 29.1 Å². The molecular formula is C10H16N2O. The summed E-state index contributed by atoms with van der Waals surface area (Å²) in [7, 11) is 0. The zero-order valence-corrected chi connectivity index (χ0v) is 8.37. The highest BCUT2D eigenvalue weighted by Gasteiger charge is 2.44. The van der Waals surface area contributed by atoms with E-state index in [2.05, 4.69) is 19.2 Å². The molecule has 1 rings (SSSR count). The lowest BCUT2D eigenvalue weighted by Crippen LogP contribution is -2.33. The molecule has 3 heteroatoms. The molecule has 0 saturated heterocycles. The van der Waals surface area contributed by atoms with Crippen molar-refractivity contribution in [3.8, 4) is 6.07 Å². The number of nitrogens with zero attached hydrogens (tertiary/aromatic N) is 1. The van der Waals surface area contributed by atoms with E-state index in [0.29, 0.717) is 11.8 Å². The van der Waals surface area contributed by atoms with E-state index in [0.717, 1.165) is 6.42 Å². The van der Waals surface area contributed by atoms with Crippen LogP contribution in [0.25, 0.3) is 0 Å². The van der Waals surface area contributed by atoms with Crippen molar-refractivity contribution in [1.29, 1.82) is 5.26 Å². The fourth-order valence-electron chi connectivity index (χ4n) is 1.61. The van der Waals surface area contributed by atoms with Crippen LogP contribution in [0.5, 0.6) is 0 Å². The number of carbonyl (C=O) groups excluding carboxylic acids is 1. The molecule has 1 saturated carbocycles. The second-order valence-corrected chi connectivity index (χ2v) is 4.11. The van der Waals surface area contributed by atoms with Crippen LogP contribution in [0.3, 0.4) is 0 Å². The molecule has 0 spiro atoms. The Kier molecular flexibility index (Phi) is 2.92. The van der Waals surface area contributed by atoms with Crippen molar-refractivity contribution in [1.82, 2.24) is 5.32 Å². The molecule has 1 amide bonds. The van der Waals surface area contributed by atoms with Crippen LogP contribution in [0.2, 0.25) is 0 Å². The van der Waals surface area contributed by atoms with Crippen LogP contribution < -0.4 is 5.32 Å². The Balaban J connectivity index is 2.32. The van der Waals surface area contributed by atoms with E-state index in [9.17, 15) is 4.79 Å². The lowest BCUT2D eigenvalue weighted by Gasteiger charge is -2.06. The Bertz CT molecular complexity index is 242. The van der Waals surface area contributed by atoms with Crippen LogP contribution in [0.4, 0.5) is 0 Å². The second kappa shape index (κ2) is 3.78. The molecule has 0 radical (unpaired) electrons. The van der Waals surface area contributed by atoms with Gasteiger partial charge in [0.15, 0.2) is 0 Å². The molecule has 72 valence electrons. The van der Waals surface area contributed by atoms with Gasteiger partial charge in [-0.05, 0) is 25.2 Å². The van der Waals surface area contributed by atoms with Gasteiger partial charge in [0.1, 0.15) is 6.04 Å². The van der Waals surface area contributed by atoms with E-state index in [4.69, 9.17) is 5.26 Å². The van der Waals surface area contributed by atoms with Crippen molar-refractivity contribution in [2.24, 2.45) is 17.8 Å². The van der Waals surface area contributed by atoms with Crippen molar-refractivity contribution in [2.45, 2.75) is 33.2 Å². The van der Waals surface area contributed by atoms with Crippen LogP contribution in [-0.2, 0) is 4.79 Å². The lowest BCUT2D eigenvalue weighted by atomic mass is 10.1. The summed E-state index contributed by atoms with van der Waals surface area (Å²) in [5, 5.41) is 11.2. The van der Waals surface area contributed by atoms with Gasteiger partial charge in [0.05, 0.1) is 6.07 Å². The van der Waals surface area contributed by atoms with Gasteiger partial charge in [-0.3, -0.25) is 4.79 Å². The van der Waals surface area contributed by atoms with Crippen molar-refractivity contribution < 1.29 is 4.79 Å². The largest absolute Gasteiger partial charge is 0.340 e. The monoisotopic (exact) mass is 180 g/mol. The van der Waals surface area contributed by atoms with Gasteiger partial charge in [-0.25, -0.2) is 0 Å². The van der Waals surface area contributed by atoms with E-state index in [1.165, 1.54) is 0 Å². The molecule has 1 N–H and O–H groups in total. The SMILES string of the molecule is CC(C)C1CC1C(=O)N[C@@H](C)C#N. The van der Waals surface area contributed by atoms with E-state index in [1.54, 1.807) is 6.92 Å². The molecule has 1 aliphatic carbocycles. The van der Waals surface area contributed by atoms with E-state index >= 15 is 0 Å². The van der Waals surface area contributed by atoms with Gasteiger partial charge in [-0.1, -0.05) is 13.8 Å². The lowest BCUT2D eigenvalue weighted by molar-refractivity contribution is -0.123. The van der Waals surface area contributed by atoms with Gasteiger partial charge in [0, 0.05) is 5.92 Å². The predicted octanol–water partition coefficient (Wildman–Crippen LogP) is 1.31. The Labute approximate surface area is 79.1 Å². The standard InChI is InChI=1S/C10H16N2O/c1-6(2)8-4-9(8)10(13)12-7(3)5-11/h6-9H,4H2,1-3H3,(H,12,13)/t7-,8?,9?/m0/s1. The first-order valence-corrected chi connectivity index (χ1v) is 4.76. The van der Waals surface area contributed by atoms with E-state index in [-0.39, 0.29) is 17.9 Å². The van der Waals surface area contributed by atoms with Crippen LogP contribution >= 0.6 is 0 Å². The second-order valence-electron chi connectivity index (χ2n) is 4.11. The number of amides is 1. The van der Waals surface area contributed by atoms with Crippen LogP contribution in [0.15, 0.2) is 0 Å². The number of carbonyl (C=O) groups is 1. The van der Waals surface area contributed by atoms with Crippen LogP contribution in [-0.4, -0.2) is 11.9 Å². The average Bonchev–Trinajstić information content (AvgIpc) is 2.82. The summed E-state index contributed by atoms with van der Waals surface area (Å²) in [6.45, 7) is 5.96. The third-order valence-electron chi connectivity index (χ3n) is 2.59. The highest BCUT2D eigenvalue weighted by molar-refractivity contribution is 5.82. The Hall–Kier alpha value is -1.04. The molecule has 0 aromatic rings. The summed E-state index contributed by atoms with van der Waals surface area (Å²) in [6.07, 6.45) is 0.988. The van der Waals surface area contributed by atoms with Crippen molar-refractivity contribution in [3.63, 3.8) is 0 Å². The molecule has 13 heavy (non-hydrogen) atoms. The average molecular weight is 180 g/mol. The summed E-state index contributed by atoms with van der Waals surface area (Å²) < 4.78 is 0. The van der Waals surface area contributed by atoms with Crippen LogP contribution in [0.1, 0.15) is 27.2 Å². The molecule has 0 heterocycles. The predicted molar refractivity (Wildman–Crippen MR) is 49.7 cm³/mol. The molecule has 2 unspecified atom stereocenters. The zero-order valence-electron chi connectivity index (χ0n) is 8.37. The van der Waals surface area contributed by atoms with Gasteiger partial charge in [0.25, 0.3) is 0 Å². The van der Waals surface area contributed by atoms with Gasteiger partial charge in [-0.2, -0.15) is 5.26 Å². The molecule has 0 aromatic carbocycles. The first-order chi connectivity index (χ1) is 6.06. The number of rotatable bonds is 3. The van der Waals surface area contributed by atoms with Gasteiger partial charge in [-0.15, -0.1) is 0 Å². The highest BCUT2D eigenvalue weighted by Crippen LogP contribution is 2.44. The van der Waals surface area contributed by atoms with Crippen molar-refractivity contribution in [2.75, 3.05) is 0 Å². The number of hydrogen-bond acceptors (Lipinski definition) is 2. The third-order valence-corrected chi connectivity index (χ3v) is 2.59. The third kappa shape index (κ3) is 2.45. The topological polar surface area (TPSA) is 52.9 Å². The molecule has 0 aromatic heterocycles. The van der Waals surface area contributed by atoms with Gasteiger partial charge in [0.2, 0.25) is 5.91 Å². The Morgan fingerprint density at radius 3 is 2.54 bits per heavy atom. The minimum Gasteiger partial charge on any atom is -0.340 e. The summed E-state index contributed by atoms with van der Waals surface area (Å²) in [6, 6.07) is 1.63. The highest BCUT2D eigenvalue weighted by atomic mass is 16.2. The first-order valence-electron chi connectivity index (χ1n) is 4.76. The Morgan fingerprint density at radius 1 is 1.54 bits per heavy atom. The number of nitrogens with one attached hydrogen (secondary N) is 1. The van der Waals surface area contributed by atoms with Gasteiger partial charge < -0.3 is 5.32 Å². The molecule has 3 nitrogen and oxygen atoms in total. The molecular weight excluding hydrogens is 164 g/mol. The summed E-state index contributed by atoms with van der Waals surface area (Å²) in [5.74, 6) is 1.32. The molecule has 0 aliphatic heterocycles. The zero-order chi connectivity index (χ0) is 10.0. The van der Waals surface area contributed by atoms with Gasteiger partial charge >= 0.3 is 0 Å². The quantitative estimate of drug-likeness (QED) is 0.711. The molecule has 3 atom stereocenters. The maximum Gasteiger partial charge on any atom is 0.224 e. The fourth-order valence-corrected chi connectivity index (χ4v) is 1.61. The molecule has 1 aliphatic rings. The summed E-state index contributed by atoms with van der Waals surface area (Å²) in [4.78, 5) is 11.4. The Morgan fingerprint density at radius 2 is 2.15 bits per heavy atom.